The number of hydrogen-bond donors (Lipinski definition) is 2. The molecule has 8 heteroatoms. The molecule has 118 valence electrons. The van der Waals surface area contributed by atoms with Crippen LogP contribution in [0.25, 0.3) is 0 Å². The lowest BCUT2D eigenvalue weighted by molar-refractivity contribution is 0.227. The number of hydrogen-bond acceptors (Lipinski definition) is 6. The van der Waals surface area contributed by atoms with E-state index in [1.165, 1.54) is 5.56 Å². The van der Waals surface area contributed by atoms with Crippen LogP contribution in [0.4, 0.5) is 5.95 Å². The highest BCUT2D eigenvalue weighted by atomic mass is 15.2. The van der Waals surface area contributed by atoms with E-state index in [0.29, 0.717) is 5.95 Å². The van der Waals surface area contributed by atoms with Gasteiger partial charge in [0.25, 0.3) is 0 Å². The Kier molecular flexibility index (Phi) is 3.30. The minimum Gasteiger partial charge on any atom is -0.368 e. The van der Waals surface area contributed by atoms with E-state index in [1.807, 2.05) is 17.9 Å². The lowest BCUT2D eigenvalue weighted by Crippen LogP contribution is -2.33. The molecule has 4 heterocycles. The van der Waals surface area contributed by atoms with Crippen LogP contribution < -0.4 is 5.73 Å². The summed E-state index contributed by atoms with van der Waals surface area (Å²) >= 11 is 0. The maximum Gasteiger partial charge on any atom is 0.219 e. The SMILES string of the molecule is Cn1cc(C2CN(Cc3cnc(N)nc3)Cc3[nH]cnc32)cn1. The van der Waals surface area contributed by atoms with E-state index in [1.54, 1.807) is 18.7 Å². The second kappa shape index (κ2) is 5.47. The fraction of sp³-hybridized carbons (Fsp3) is 0.333. The molecule has 3 aromatic heterocycles. The minimum absolute atomic E-state index is 0.216. The van der Waals surface area contributed by atoms with Crippen LogP contribution in [0, 0.1) is 0 Å². The number of nitrogens with one attached hydrogen (secondary N) is 1. The third kappa shape index (κ3) is 2.68. The second-order valence-electron chi connectivity index (χ2n) is 5.89. The molecule has 0 fully saturated rings. The number of aromatic nitrogens is 6. The molecule has 4 rings (SSSR count). The van der Waals surface area contributed by atoms with E-state index < -0.39 is 0 Å². The van der Waals surface area contributed by atoms with E-state index in [4.69, 9.17) is 5.73 Å². The molecule has 8 nitrogen and oxygen atoms in total. The third-order valence-corrected chi connectivity index (χ3v) is 4.16. The highest BCUT2D eigenvalue weighted by molar-refractivity contribution is 5.31. The zero-order valence-corrected chi connectivity index (χ0v) is 12.8. The predicted molar refractivity (Wildman–Crippen MR) is 84.2 cm³/mol. The highest BCUT2D eigenvalue weighted by Crippen LogP contribution is 2.31. The van der Waals surface area contributed by atoms with Gasteiger partial charge in [-0.1, -0.05) is 0 Å². The van der Waals surface area contributed by atoms with Crippen molar-refractivity contribution in [3.63, 3.8) is 0 Å². The molecule has 0 spiro atoms. The highest BCUT2D eigenvalue weighted by Gasteiger charge is 2.29. The fourth-order valence-electron chi connectivity index (χ4n) is 3.10. The summed E-state index contributed by atoms with van der Waals surface area (Å²) in [5, 5.41) is 4.29. The fourth-order valence-corrected chi connectivity index (χ4v) is 3.10. The van der Waals surface area contributed by atoms with Gasteiger partial charge in [0, 0.05) is 62.3 Å². The summed E-state index contributed by atoms with van der Waals surface area (Å²) in [4.78, 5) is 18.3. The van der Waals surface area contributed by atoms with Gasteiger partial charge in [0.15, 0.2) is 0 Å². The summed E-state index contributed by atoms with van der Waals surface area (Å²) in [5.74, 6) is 0.518. The number of H-pyrrole nitrogens is 1. The Hall–Kier alpha value is -2.74. The van der Waals surface area contributed by atoms with Gasteiger partial charge in [0.05, 0.1) is 23.9 Å². The van der Waals surface area contributed by atoms with Crippen molar-refractivity contribution >= 4 is 5.95 Å². The van der Waals surface area contributed by atoms with Gasteiger partial charge < -0.3 is 10.7 Å². The topological polar surface area (TPSA) is 102 Å². The van der Waals surface area contributed by atoms with Crippen LogP contribution in [0.2, 0.25) is 0 Å². The maximum atomic E-state index is 5.55. The molecule has 1 atom stereocenters. The van der Waals surface area contributed by atoms with Crippen molar-refractivity contribution in [3.8, 4) is 0 Å². The lowest BCUT2D eigenvalue weighted by atomic mass is 9.93. The van der Waals surface area contributed by atoms with Crippen molar-refractivity contribution < 1.29 is 0 Å². The number of aryl methyl sites for hydroxylation is 1. The number of aromatic amines is 1. The van der Waals surface area contributed by atoms with Crippen LogP contribution in [0.15, 0.2) is 31.1 Å². The van der Waals surface area contributed by atoms with Crippen molar-refractivity contribution in [2.75, 3.05) is 12.3 Å². The third-order valence-electron chi connectivity index (χ3n) is 4.16. The summed E-state index contributed by atoms with van der Waals surface area (Å²) in [6.45, 7) is 2.49. The molecule has 0 aromatic carbocycles. The number of fused-ring (bicyclic) bond motifs is 1. The van der Waals surface area contributed by atoms with Gasteiger partial charge in [-0.25, -0.2) is 15.0 Å². The van der Waals surface area contributed by atoms with E-state index in [9.17, 15) is 0 Å². The number of nitrogens with zero attached hydrogens (tertiary/aromatic N) is 6. The van der Waals surface area contributed by atoms with E-state index in [2.05, 4.69) is 36.1 Å². The molecule has 0 saturated carbocycles. The summed E-state index contributed by atoms with van der Waals surface area (Å²) < 4.78 is 1.83. The zero-order chi connectivity index (χ0) is 15.8. The van der Waals surface area contributed by atoms with Crippen LogP contribution in [0.3, 0.4) is 0 Å². The van der Waals surface area contributed by atoms with Gasteiger partial charge in [-0.2, -0.15) is 5.10 Å². The molecule has 0 radical (unpaired) electrons. The number of anilines is 1. The number of rotatable bonds is 3. The van der Waals surface area contributed by atoms with Crippen molar-refractivity contribution in [1.29, 1.82) is 0 Å². The largest absolute Gasteiger partial charge is 0.368 e. The van der Waals surface area contributed by atoms with E-state index in [0.717, 1.165) is 36.6 Å². The van der Waals surface area contributed by atoms with Crippen molar-refractivity contribution in [2.45, 2.75) is 19.0 Å². The van der Waals surface area contributed by atoms with Crippen LogP contribution >= 0.6 is 0 Å². The Morgan fingerprint density at radius 1 is 1.26 bits per heavy atom. The van der Waals surface area contributed by atoms with Crippen molar-refractivity contribution in [1.82, 2.24) is 34.6 Å². The number of nitrogen functional groups attached to an aromatic ring is 1. The molecular formula is C15H18N8. The molecule has 3 aromatic rings. The Labute approximate surface area is 133 Å². The maximum absolute atomic E-state index is 5.55. The zero-order valence-electron chi connectivity index (χ0n) is 12.8. The average molecular weight is 310 g/mol. The minimum atomic E-state index is 0.216. The quantitative estimate of drug-likeness (QED) is 0.737. The summed E-state index contributed by atoms with van der Waals surface area (Å²) in [5.41, 5.74) is 10.0. The van der Waals surface area contributed by atoms with Gasteiger partial charge in [-0.3, -0.25) is 9.58 Å². The smallest absolute Gasteiger partial charge is 0.219 e. The molecule has 0 saturated heterocycles. The Balaban J connectivity index is 1.60. The molecular weight excluding hydrogens is 292 g/mol. The average Bonchev–Trinajstić information content (AvgIpc) is 3.17. The number of nitrogens with two attached hydrogens (primary N) is 1. The van der Waals surface area contributed by atoms with Gasteiger partial charge in [0.2, 0.25) is 5.95 Å². The van der Waals surface area contributed by atoms with Crippen molar-refractivity contribution in [2.24, 2.45) is 7.05 Å². The predicted octanol–water partition coefficient (Wildman–Crippen LogP) is 0.663. The van der Waals surface area contributed by atoms with Crippen LogP contribution in [0.5, 0.6) is 0 Å². The Morgan fingerprint density at radius 2 is 2.09 bits per heavy atom. The van der Waals surface area contributed by atoms with Gasteiger partial charge >= 0.3 is 0 Å². The van der Waals surface area contributed by atoms with Gasteiger partial charge in [-0.15, -0.1) is 0 Å². The van der Waals surface area contributed by atoms with E-state index in [-0.39, 0.29) is 5.92 Å². The standard InChI is InChI=1S/C15H18N8/c1-22-6-11(4-21-22)12-7-23(8-13-14(12)20-9-19-13)5-10-2-17-15(16)18-3-10/h2-4,6,9,12H,5,7-8H2,1H3,(H,19,20)(H2,16,17,18). The Morgan fingerprint density at radius 3 is 2.83 bits per heavy atom. The van der Waals surface area contributed by atoms with E-state index >= 15 is 0 Å². The molecule has 1 aliphatic rings. The Bertz CT molecular complexity index is 803. The van der Waals surface area contributed by atoms with Crippen molar-refractivity contribution in [3.05, 3.63) is 53.6 Å². The first-order chi connectivity index (χ1) is 11.2. The lowest BCUT2D eigenvalue weighted by Gasteiger charge is -2.31. The molecule has 1 aliphatic heterocycles. The van der Waals surface area contributed by atoms with Gasteiger partial charge in [0.1, 0.15) is 0 Å². The van der Waals surface area contributed by atoms with Gasteiger partial charge in [-0.05, 0) is 0 Å². The normalized spacial score (nSPS) is 18.0. The summed E-state index contributed by atoms with van der Waals surface area (Å²) in [6.07, 6.45) is 9.30. The molecule has 3 N–H and O–H groups in total. The monoisotopic (exact) mass is 310 g/mol. The summed E-state index contributed by atoms with van der Waals surface area (Å²) in [6, 6.07) is 0. The first kappa shape index (κ1) is 13.9. The molecule has 0 amide bonds. The second-order valence-corrected chi connectivity index (χ2v) is 5.89. The molecule has 0 aliphatic carbocycles. The summed E-state index contributed by atoms with van der Waals surface area (Å²) in [7, 11) is 1.93. The van der Waals surface area contributed by atoms with Crippen LogP contribution in [0.1, 0.15) is 28.4 Å². The molecule has 23 heavy (non-hydrogen) atoms. The molecule has 0 bridgehead atoms. The first-order valence-electron chi connectivity index (χ1n) is 7.48. The molecule has 1 unspecified atom stereocenters. The van der Waals surface area contributed by atoms with Crippen LogP contribution in [-0.4, -0.2) is 41.2 Å². The van der Waals surface area contributed by atoms with Crippen LogP contribution in [-0.2, 0) is 20.1 Å². The first-order valence-corrected chi connectivity index (χ1v) is 7.48. The number of imidazole rings is 1.